The quantitative estimate of drug-likeness (QED) is 0.528. The molecule has 0 aromatic heterocycles. The molecule has 0 saturated carbocycles. The molecule has 1 nitrogen and oxygen atoms in total. The van der Waals surface area contributed by atoms with Crippen LogP contribution in [-0.2, 0) is 41.2 Å². The van der Waals surface area contributed by atoms with Crippen molar-refractivity contribution in [2.45, 2.75) is 0 Å². The van der Waals surface area contributed by atoms with E-state index in [1.807, 2.05) is 14.1 Å². The Morgan fingerprint density at radius 1 is 1.20 bits per heavy atom. The molecule has 0 rings (SSSR count). The van der Waals surface area contributed by atoms with Gasteiger partial charge in [0.1, 0.15) is 0 Å². The van der Waals surface area contributed by atoms with Crippen LogP contribution in [-0.4, -0.2) is 14.1 Å². The predicted molar refractivity (Wildman–Crippen MR) is 15.0 cm³/mol. The minimum absolute atomic E-state index is 0. The average molecular weight is 194 g/mol. The van der Waals surface area contributed by atoms with Crippen molar-refractivity contribution in [2.24, 2.45) is 0 Å². The largest absolute Gasteiger partial charge is 4.00 e. The van der Waals surface area contributed by atoms with E-state index < -0.39 is 0 Å². The molecule has 1 N–H and O–H groups in total. The summed E-state index contributed by atoms with van der Waals surface area (Å²) in [5.41, 5.74) is 0. The first-order valence-corrected chi connectivity index (χ1v) is 1.00. The Morgan fingerprint density at radius 3 is 1.20 bits per heavy atom. The molecule has 0 aliphatic heterocycles. The number of rotatable bonds is 0. The summed E-state index contributed by atoms with van der Waals surface area (Å²) in [6, 6.07) is 0. The minimum atomic E-state index is 0. The fourth-order valence-electron chi connectivity index (χ4n) is 0. The second-order valence-corrected chi connectivity index (χ2v) is 0.500. The molecule has 0 heterocycles. The van der Waals surface area contributed by atoms with E-state index in [0.717, 1.165) is 0 Å². The van der Waals surface area contributed by atoms with E-state index in [-0.39, 0.29) is 41.2 Å². The van der Waals surface area contributed by atoms with Gasteiger partial charge in [0.25, 0.3) is 0 Å². The van der Waals surface area contributed by atoms with Gasteiger partial charge < -0.3 is 5.32 Å². The molecule has 0 aromatic rings. The SMILES string of the molecule is CNC.[Ru+3].[Ti+4]. The summed E-state index contributed by atoms with van der Waals surface area (Å²) >= 11 is 0. The zero-order chi connectivity index (χ0) is 2.71. The minimum Gasteiger partial charge on any atom is -0.323 e. The van der Waals surface area contributed by atoms with Gasteiger partial charge in [0.05, 0.1) is 0 Å². The second-order valence-electron chi connectivity index (χ2n) is 0.500. The van der Waals surface area contributed by atoms with E-state index in [1.165, 1.54) is 0 Å². The fraction of sp³-hybridized carbons (Fsp3) is 1.00. The number of hydrogen-bond donors (Lipinski definition) is 1. The van der Waals surface area contributed by atoms with Crippen LogP contribution in [0.5, 0.6) is 0 Å². The third-order valence-corrected chi connectivity index (χ3v) is 0. The molecule has 5 heavy (non-hydrogen) atoms. The van der Waals surface area contributed by atoms with Gasteiger partial charge in [0, 0.05) is 0 Å². The van der Waals surface area contributed by atoms with Gasteiger partial charge in [-0.3, -0.25) is 0 Å². The molecule has 25 valence electrons. The Morgan fingerprint density at radius 2 is 1.20 bits per heavy atom. The fourth-order valence-corrected chi connectivity index (χ4v) is 0. The first kappa shape index (κ1) is 16.3. The molecule has 0 saturated heterocycles. The van der Waals surface area contributed by atoms with Gasteiger partial charge in [-0.05, 0) is 14.1 Å². The maximum atomic E-state index is 2.75. The van der Waals surface area contributed by atoms with E-state index in [1.54, 1.807) is 0 Å². The summed E-state index contributed by atoms with van der Waals surface area (Å²) in [4.78, 5) is 0. The van der Waals surface area contributed by atoms with Crippen molar-refractivity contribution in [2.75, 3.05) is 14.1 Å². The van der Waals surface area contributed by atoms with Gasteiger partial charge in [-0.2, -0.15) is 0 Å². The standard InChI is InChI=1S/C2H7N.Ru.Ti/c1-3-2;;/h3H,1-2H3;;/q;+3;+4. The first-order valence-electron chi connectivity index (χ1n) is 1.00. The molecule has 0 unspecified atom stereocenters. The van der Waals surface area contributed by atoms with Crippen molar-refractivity contribution in [3.8, 4) is 0 Å². The molecule has 0 aliphatic carbocycles. The molecule has 0 aliphatic rings. The van der Waals surface area contributed by atoms with Crippen molar-refractivity contribution < 1.29 is 41.2 Å². The molecule has 0 bridgehead atoms. The van der Waals surface area contributed by atoms with Gasteiger partial charge in [0.15, 0.2) is 0 Å². The maximum absolute atomic E-state index is 2.75. The van der Waals surface area contributed by atoms with Gasteiger partial charge in [-0.15, -0.1) is 0 Å². The summed E-state index contributed by atoms with van der Waals surface area (Å²) in [6.45, 7) is 0. The van der Waals surface area contributed by atoms with Gasteiger partial charge in [-0.25, -0.2) is 0 Å². The zero-order valence-corrected chi connectivity index (χ0v) is 6.65. The molecule has 0 aromatic carbocycles. The van der Waals surface area contributed by atoms with Gasteiger partial charge in [-0.1, -0.05) is 0 Å². The molecule has 0 atom stereocenters. The summed E-state index contributed by atoms with van der Waals surface area (Å²) in [7, 11) is 3.75. The van der Waals surface area contributed by atoms with E-state index in [4.69, 9.17) is 0 Å². The van der Waals surface area contributed by atoms with Crippen LogP contribution in [0, 0.1) is 0 Å². The third-order valence-electron chi connectivity index (χ3n) is 0. The smallest absolute Gasteiger partial charge is 0.323 e. The molecule has 0 fully saturated rings. The molecule has 0 spiro atoms. The van der Waals surface area contributed by atoms with Crippen molar-refractivity contribution in [3.05, 3.63) is 0 Å². The van der Waals surface area contributed by atoms with Crippen molar-refractivity contribution in [1.29, 1.82) is 0 Å². The van der Waals surface area contributed by atoms with Crippen LogP contribution >= 0.6 is 0 Å². The van der Waals surface area contributed by atoms with Crippen LogP contribution in [0.1, 0.15) is 0 Å². The average Bonchev–Trinajstić information content (AvgIpc) is 0.918. The van der Waals surface area contributed by atoms with Crippen LogP contribution < -0.4 is 5.32 Å². The molecular formula is C2H7NRuTi+7. The molecular weight excluding hydrogens is 187 g/mol. The Labute approximate surface area is 60.5 Å². The van der Waals surface area contributed by atoms with Crippen LogP contribution in [0.15, 0.2) is 0 Å². The van der Waals surface area contributed by atoms with Crippen molar-refractivity contribution in [1.82, 2.24) is 5.32 Å². The second kappa shape index (κ2) is 18.5. The van der Waals surface area contributed by atoms with E-state index >= 15 is 0 Å². The summed E-state index contributed by atoms with van der Waals surface area (Å²) in [5, 5.41) is 2.75. The van der Waals surface area contributed by atoms with Crippen LogP contribution in [0.25, 0.3) is 0 Å². The Bertz CT molecular complexity index is 9.61. The van der Waals surface area contributed by atoms with Crippen LogP contribution in [0.4, 0.5) is 0 Å². The van der Waals surface area contributed by atoms with Gasteiger partial charge >= 0.3 is 41.2 Å². The zero-order valence-electron chi connectivity index (χ0n) is 3.35. The van der Waals surface area contributed by atoms with Crippen LogP contribution in [0.2, 0.25) is 0 Å². The van der Waals surface area contributed by atoms with E-state index in [9.17, 15) is 0 Å². The van der Waals surface area contributed by atoms with E-state index in [0.29, 0.717) is 0 Å². The van der Waals surface area contributed by atoms with Crippen molar-refractivity contribution in [3.63, 3.8) is 0 Å². The topological polar surface area (TPSA) is 12.0 Å². The maximum Gasteiger partial charge on any atom is 4.00 e. The van der Waals surface area contributed by atoms with Gasteiger partial charge in [0.2, 0.25) is 0 Å². The molecule has 3 heteroatoms. The van der Waals surface area contributed by atoms with E-state index in [2.05, 4.69) is 5.32 Å². The normalized spacial score (nSPS) is 3.60. The number of nitrogens with one attached hydrogen (secondary N) is 1. The first-order chi connectivity index (χ1) is 1.41. The Hall–Kier alpha value is 1.30. The van der Waals surface area contributed by atoms with Crippen molar-refractivity contribution >= 4 is 0 Å². The predicted octanol–water partition coefficient (Wildman–Crippen LogP) is -0.169. The number of hydrogen-bond acceptors (Lipinski definition) is 1. The third kappa shape index (κ3) is 34.2. The molecule has 1 radical (unpaired) electrons. The Kier molecular flexibility index (Phi) is 60.2. The Balaban J connectivity index is -0.0000000200. The molecule has 0 amide bonds. The van der Waals surface area contributed by atoms with Crippen LogP contribution in [0.3, 0.4) is 0 Å². The monoisotopic (exact) mass is 195 g/mol. The summed E-state index contributed by atoms with van der Waals surface area (Å²) in [5.74, 6) is 0. The summed E-state index contributed by atoms with van der Waals surface area (Å²) < 4.78 is 0. The summed E-state index contributed by atoms with van der Waals surface area (Å²) in [6.07, 6.45) is 0.